The molecule has 2 saturated heterocycles. The quantitative estimate of drug-likeness (QED) is 0.830. The molecule has 0 aliphatic carbocycles. The number of anilines is 1. The van der Waals surface area contributed by atoms with Gasteiger partial charge in [-0.3, -0.25) is 0 Å². The SMILES string of the molecule is Nc1ccc(S(=O)(=O)NC2CCN3CCCC3C2)cc1Cl. The predicted molar refractivity (Wildman–Crippen MR) is 83.8 cm³/mol. The van der Waals surface area contributed by atoms with Gasteiger partial charge in [0, 0.05) is 12.1 Å². The predicted octanol–water partition coefficient (Wildman–Crippen LogP) is 1.83. The summed E-state index contributed by atoms with van der Waals surface area (Å²) in [6.07, 6.45) is 4.14. The van der Waals surface area contributed by atoms with Gasteiger partial charge in [-0.25, -0.2) is 13.1 Å². The van der Waals surface area contributed by atoms with Crippen molar-refractivity contribution in [2.75, 3.05) is 18.8 Å². The molecule has 0 saturated carbocycles. The third kappa shape index (κ3) is 3.18. The van der Waals surface area contributed by atoms with Crippen molar-refractivity contribution in [3.8, 4) is 0 Å². The second-order valence-electron chi connectivity index (χ2n) is 5.86. The van der Waals surface area contributed by atoms with Gasteiger partial charge in [-0.2, -0.15) is 0 Å². The average molecular weight is 330 g/mol. The van der Waals surface area contributed by atoms with Crippen LogP contribution in [0.3, 0.4) is 0 Å². The molecule has 0 aromatic heterocycles. The summed E-state index contributed by atoms with van der Waals surface area (Å²) in [4.78, 5) is 2.64. The summed E-state index contributed by atoms with van der Waals surface area (Å²) in [6.45, 7) is 2.12. The van der Waals surface area contributed by atoms with E-state index in [0.717, 1.165) is 25.9 Å². The molecule has 5 nitrogen and oxygen atoms in total. The van der Waals surface area contributed by atoms with Crippen molar-refractivity contribution in [2.45, 2.75) is 42.7 Å². The number of nitrogen functional groups attached to an aromatic ring is 1. The number of nitrogens with one attached hydrogen (secondary N) is 1. The Morgan fingerprint density at radius 1 is 1.29 bits per heavy atom. The minimum absolute atomic E-state index is 0.00526. The van der Waals surface area contributed by atoms with Crippen LogP contribution in [-0.2, 0) is 10.0 Å². The molecule has 0 bridgehead atoms. The number of fused-ring (bicyclic) bond motifs is 1. The molecule has 21 heavy (non-hydrogen) atoms. The first-order chi connectivity index (χ1) is 9.95. The fraction of sp³-hybridized carbons (Fsp3) is 0.571. The van der Waals surface area contributed by atoms with Crippen LogP contribution >= 0.6 is 11.6 Å². The summed E-state index contributed by atoms with van der Waals surface area (Å²) in [5.74, 6) is 0. The van der Waals surface area contributed by atoms with Crippen LogP contribution < -0.4 is 10.5 Å². The second-order valence-corrected chi connectivity index (χ2v) is 7.98. The molecule has 2 atom stereocenters. The Balaban J connectivity index is 1.72. The minimum atomic E-state index is -3.54. The fourth-order valence-electron chi connectivity index (χ4n) is 3.29. The van der Waals surface area contributed by atoms with Gasteiger partial charge in [0.2, 0.25) is 10.0 Å². The maximum absolute atomic E-state index is 12.4. The number of piperidine rings is 1. The highest BCUT2D eigenvalue weighted by Gasteiger charge is 2.33. The van der Waals surface area contributed by atoms with E-state index in [1.807, 2.05) is 0 Å². The zero-order chi connectivity index (χ0) is 15.0. The molecule has 0 amide bonds. The van der Waals surface area contributed by atoms with E-state index in [4.69, 9.17) is 17.3 Å². The Morgan fingerprint density at radius 2 is 2.10 bits per heavy atom. The van der Waals surface area contributed by atoms with Crippen LogP contribution in [0.1, 0.15) is 25.7 Å². The maximum atomic E-state index is 12.4. The third-order valence-electron chi connectivity index (χ3n) is 4.42. The lowest BCUT2D eigenvalue weighted by atomic mass is 9.99. The lowest BCUT2D eigenvalue weighted by molar-refractivity contribution is 0.176. The second kappa shape index (κ2) is 5.76. The smallest absolute Gasteiger partial charge is 0.240 e. The van der Waals surface area contributed by atoms with E-state index in [1.54, 1.807) is 0 Å². The van der Waals surface area contributed by atoms with Crippen LogP contribution in [0, 0.1) is 0 Å². The molecule has 2 fully saturated rings. The highest BCUT2D eigenvalue weighted by Crippen LogP contribution is 2.28. The van der Waals surface area contributed by atoms with Crippen LogP contribution in [-0.4, -0.2) is 38.5 Å². The maximum Gasteiger partial charge on any atom is 0.240 e. The molecule has 7 heteroatoms. The van der Waals surface area contributed by atoms with E-state index < -0.39 is 10.0 Å². The number of nitrogens with two attached hydrogens (primary N) is 1. The van der Waals surface area contributed by atoms with Crippen LogP contribution in [0.5, 0.6) is 0 Å². The summed E-state index contributed by atoms with van der Waals surface area (Å²) in [6, 6.07) is 4.96. The van der Waals surface area contributed by atoms with Crippen molar-refractivity contribution in [1.82, 2.24) is 9.62 Å². The Bertz CT molecular complexity index is 635. The summed E-state index contributed by atoms with van der Waals surface area (Å²) in [5.41, 5.74) is 6.01. The van der Waals surface area contributed by atoms with Crippen molar-refractivity contribution in [1.29, 1.82) is 0 Å². The van der Waals surface area contributed by atoms with Gasteiger partial charge in [0.25, 0.3) is 0 Å². The van der Waals surface area contributed by atoms with Gasteiger partial charge in [0.1, 0.15) is 0 Å². The molecule has 2 aliphatic heterocycles. The van der Waals surface area contributed by atoms with Gasteiger partial charge in [-0.15, -0.1) is 0 Å². The minimum Gasteiger partial charge on any atom is -0.398 e. The zero-order valence-electron chi connectivity index (χ0n) is 11.8. The normalized spacial score (nSPS) is 26.7. The van der Waals surface area contributed by atoms with Crippen molar-refractivity contribution < 1.29 is 8.42 Å². The first kappa shape index (κ1) is 15.1. The first-order valence-corrected chi connectivity index (χ1v) is 9.13. The molecule has 0 radical (unpaired) electrons. The van der Waals surface area contributed by atoms with E-state index in [9.17, 15) is 8.42 Å². The largest absolute Gasteiger partial charge is 0.398 e. The number of benzene rings is 1. The van der Waals surface area contributed by atoms with Crippen LogP contribution in [0.15, 0.2) is 23.1 Å². The number of hydrogen-bond donors (Lipinski definition) is 2. The Kier molecular flexibility index (Phi) is 4.14. The molecule has 116 valence electrons. The molecule has 2 aliphatic rings. The summed E-state index contributed by atoms with van der Waals surface area (Å²) >= 11 is 5.91. The van der Waals surface area contributed by atoms with Gasteiger partial charge >= 0.3 is 0 Å². The number of sulfonamides is 1. The molecule has 3 N–H and O–H groups in total. The highest BCUT2D eigenvalue weighted by atomic mass is 35.5. The molecule has 1 aromatic rings. The third-order valence-corrected chi connectivity index (χ3v) is 6.27. The molecule has 2 heterocycles. The van der Waals surface area contributed by atoms with Crippen LogP contribution in [0.25, 0.3) is 0 Å². The number of halogens is 1. The number of hydrogen-bond acceptors (Lipinski definition) is 4. The van der Waals surface area contributed by atoms with E-state index in [-0.39, 0.29) is 16.0 Å². The van der Waals surface area contributed by atoms with Crippen molar-refractivity contribution in [2.24, 2.45) is 0 Å². The van der Waals surface area contributed by atoms with Crippen molar-refractivity contribution in [3.63, 3.8) is 0 Å². The van der Waals surface area contributed by atoms with Gasteiger partial charge in [0.05, 0.1) is 15.6 Å². The van der Waals surface area contributed by atoms with Crippen molar-refractivity contribution >= 4 is 27.3 Å². The first-order valence-electron chi connectivity index (χ1n) is 7.27. The Labute approximate surface area is 130 Å². The van der Waals surface area contributed by atoms with Crippen molar-refractivity contribution in [3.05, 3.63) is 23.2 Å². The van der Waals surface area contributed by atoms with E-state index in [2.05, 4.69) is 9.62 Å². The van der Waals surface area contributed by atoms with Gasteiger partial charge in [-0.1, -0.05) is 11.6 Å². The molecule has 1 aromatic carbocycles. The van der Waals surface area contributed by atoms with E-state index >= 15 is 0 Å². The Morgan fingerprint density at radius 3 is 2.86 bits per heavy atom. The standard InChI is InChI=1S/C14H20ClN3O2S/c15-13-9-12(3-4-14(13)16)21(19,20)17-10-5-7-18-6-1-2-11(18)8-10/h3-4,9-11,17H,1-2,5-8,16H2. The Hall–Kier alpha value is -0.820. The summed E-state index contributed by atoms with van der Waals surface area (Å²) < 4.78 is 27.7. The summed E-state index contributed by atoms with van der Waals surface area (Å²) in [5, 5.41) is 0.267. The molecular weight excluding hydrogens is 310 g/mol. The lowest BCUT2D eigenvalue weighted by Gasteiger charge is -2.34. The number of nitrogens with zero attached hydrogens (tertiary/aromatic N) is 1. The monoisotopic (exact) mass is 329 g/mol. The van der Waals surface area contributed by atoms with Gasteiger partial charge in [-0.05, 0) is 57.0 Å². The van der Waals surface area contributed by atoms with E-state index in [0.29, 0.717) is 11.7 Å². The van der Waals surface area contributed by atoms with E-state index in [1.165, 1.54) is 31.0 Å². The molecule has 3 rings (SSSR count). The average Bonchev–Trinajstić information content (AvgIpc) is 2.88. The highest BCUT2D eigenvalue weighted by molar-refractivity contribution is 7.89. The summed E-state index contributed by atoms with van der Waals surface area (Å²) in [7, 11) is -3.54. The van der Waals surface area contributed by atoms with Crippen LogP contribution in [0.4, 0.5) is 5.69 Å². The number of rotatable bonds is 3. The molecule has 0 spiro atoms. The zero-order valence-corrected chi connectivity index (χ0v) is 13.3. The molecule has 2 unspecified atom stereocenters. The van der Waals surface area contributed by atoms with Gasteiger partial charge in [0.15, 0.2) is 0 Å². The van der Waals surface area contributed by atoms with Crippen LogP contribution in [0.2, 0.25) is 5.02 Å². The lowest BCUT2D eigenvalue weighted by Crippen LogP contribution is -2.47. The molecular formula is C14H20ClN3O2S. The van der Waals surface area contributed by atoms with Gasteiger partial charge < -0.3 is 10.6 Å². The fourth-order valence-corrected chi connectivity index (χ4v) is 4.85. The topological polar surface area (TPSA) is 75.4 Å².